The van der Waals surface area contributed by atoms with E-state index in [0.29, 0.717) is 17.9 Å². The van der Waals surface area contributed by atoms with Crippen LogP contribution in [0.15, 0.2) is 67.8 Å². The average Bonchev–Trinajstić information content (AvgIpc) is 3.17. The molecule has 4 aromatic rings. The number of hydrogen-bond donors (Lipinski definition) is 3. The Morgan fingerprint density at radius 1 is 1.00 bits per heavy atom. The topological polar surface area (TPSA) is 97.2 Å². The molecule has 6 nitrogen and oxygen atoms in total. The molecule has 0 aliphatic rings. The number of aromatic nitrogens is 3. The lowest BCUT2D eigenvalue weighted by molar-refractivity contribution is 0.449. The van der Waals surface area contributed by atoms with Gasteiger partial charge in [0.1, 0.15) is 22.8 Å². The van der Waals surface area contributed by atoms with Gasteiger partial charge in [0.25, 0.3) is 0 Å². The van der Waals surface area contributed by atoms with Crippen LogP contribution in [0.1, 0.15) is 45.0 Å². The SMILES string of the molecule is C=CC=C.CC.CCCCc1nc2c(N)nc3ccccc3c2n1Cc1cc(O)cc(O)c1. The zero-order valence-corrected chi connectivity index (χ0v) is 19.8. The van der Waals surface area contributed by atoms with Crippen molar-refractivity contribution in [2.75, 3.05) is 5.73 Å². The second-order valence-corrected chi connectivity index (χ2v) is 7.26. The van der Waals surface area contributed by atoms with Crippen molar-refractivity contribution in [2.24, 2.45) is 0 Å². The number of phenols is 2. The number of hydrogen-bond acceptors (Lipinski definition) is 5. The Labute approximate surface area is 195 Å². The van der Waals surface area contributed by atoms with Gasteiger partial charge in [0, 0.05) is 24.4 Å². The van der Waals surface area contributed by atoms with Crippen molar-refractivity contribution >= 4 is 27.8 Å². The van der Waals surface area contributed by atoms with Crippen molar-refractivity contribution in [2.45, 2.75) is 46.6 Å². The summed E-state index contributed by atoms with van der Waals surface area (Å²) >= 11 is 0. The zero-order chi connectivity index (χ0) is 24.4. The molecule has 4 N–H and O–H groups in total. The molecule has 0 radical (unpaired) electrons. The van der Waals surface area contributed by atoms with Gasteiger partial charge in [-0.3, -0.25) is 0 Å². The minimum atomic E-state index is 0.0376. The average molecular weight is 447 g/mol. The Kier molecular flexibility index (Phi) is 9.48. The number of unbranched alkanes of at least 4 members (excludes halogenated alkanes) is 1. The Hall–Kier alpha value is -3.80. The van der Waals surface area contributed by atoms with Crippen LogP contribution in [0, 0.1) is 0 Å². The number of fused-ring (bicyclic) bond motifs is 3. The third kappa shape index (κ3) is 6.13. The normalized spacial score (nSPS) is 10.2. The molecule has 0 amide bonds. The number of aryl methyl sites for hydroxylation is 1. The summed E-state index contributed by atoms with van der Waals surface area (Å²) < 4.78 is 2.12. The van der Waals surface area contributed by atoms with Gasteiger partial charge in [0.2, 0.25) is 0 Å². The van der Waals surface area contributed by atoms with Gasteiger partial charge < -0.3 is 20.5 Å². The number of nitrogen functional groups attached to an aromatic ring is 1. The van der Waals surface area contributed by atoms with E-state index < -0.39 is 0 Å². The molecule has 0 unspecified atom stereocenters. The summed E-state index contributed by atoms with van der Waals surface area (Å²) in [7, 11) is 0. The molecule has 2 aromatic heterocycles. The first-order chi connectivity index (χ1) is 16.0. The lowest BCUT2D eigenvalue weighted by Crippen LogP contribution is -2.06. The number of nitrogens with zero attached hydrogens (tertiary/aromatic N) is 3. The van der Waals surface area contributed by atoms with Crippen molar-refractivity contribution < 1.29 is 10.2 Å². The van der Waals surface area contributed by atoms with Crippen molar-refractivity contribution in [3.05, 3.63) is 79.2 Å². The van der Waals surface area contributed by atoms with E-state index in [4.69, 9.17) is 10.7 Å². The fourth-order valence-corrected chi connectivity index (χ4v) is 3.53. The van der Waals surface area contributed by atoms with Gasteiger partial charge in [-0.2, -0.15) is 0 Å². The van der Waals surface area contributed by atoms with Crippen LogP contribution in [-0.2, 0) is 13.0 Å². The molecule has 174 valence electrons. The van der Waals surface area contributed by atoms with Crippen molar-refractivity contribution in [3.63, 3.8) is 0 Å². The van der Waals surface area contributed by atoms with Crippen LogP contribution in [0.2, 0.25) is 0 Å². The zero-order valence-electron chi connectivity index (χ0n) is 19.8. The van der Waals surface area contributed by atoms with E-state index in [-0.39, 0.29) is 11.5 Å². The molecule has 0 saturated heterocycles. The number of para-hydroxylation sites is 1. The monoisotopic (exact) mass is 446 g/mol. The summed E-state index contributed by atoms with van der Waals surface area (Å²) in [6, 6.07) is 12.5. The third-order valence-electron chi connectivity index (χ3n) is 4.91. The second-order valence-electron chi connectivity index (χ2n) is 7.26. The third-order valence-corrected chi connectivity index (χ3v) is 4.91. The number of imidazole rings is 1. The fraction of sp³-hybridized carbons (Fsp3) is 0.259. The van der Waals surface area contributed by atoms with Crippen LogP contribution in [0.4, 0.5) is 5.82 Å². The molecular weight excluding hydrogens is 412 g/mol. The highest BCUT2D eigenvalue weighted by Crippen LogP contribution is 2.31. The maximum atomic E-state index is 9.85. The van der Waals surface area contributed by atoms with Crippen LogP contribution in [0.5, 0.6) is 11.5 Å². The Morgan fingerprint density at radius 2 is 1.64 bits per heavy atom. The molecule has 2 aromatic carbocycles. The Balaban J connectivity index is 0.000000582. The van der Waals surface area contributed by atoms with Crippen molar-refractivity contribution in [3.8, 4) is 11.5 Å². The predicted octanol–water partition coefficient (Wildman–Crippen LogP) is 6.35. The van der Waals surface area contributed by atoms with Gasteiger partial charge in [-0.05, 0) is 30.2 Å². The van der Waals surface area contributed by atoms with Gasteiger partial charge in [-0.25, -0.2) is 9.97 Å². The smallest absolute Gasteiger partial charge is 0.152 e. The minimum Gasteiger partial charge on any atom is -0.508 e. The Morgan fingerprint density at radius 3 is 2.24 bits per heavy atom. The molecule has 0 saturated carbocycles. The molecule has 2 heterocycles. The number of anilines is 1. The quantitative estimate of drug-likeness (QED) is 0.300. The first-order valence-electron chi connectivity index (χ1n) is 11.3. The molecule has 4 rings (SSSR count). The number of benzene rings is 2. The van der Waals surface area contributed by atoms with E-state index in [1.165, 1.54) is 6.07 Å². The lowest BCUT2D eigenvalue weighted by atomic mass is 10.1. The molecule has 33 heavy (non-hydrogen) atoms. The minimum absolute atomic E-state index is 0.0376. The number of aromatic hydroxyl groups is 2. The van der Waals surface area contributed by atoms with E-state index in [1.54, 1.807) is 24.3 Å². The highest BCUT2D eigenvalue weighted by atomic mass is 16.3. The number of nitrogens with two attached hydrogens (primary N) is 1. The first kappa shape index (κ1) is 25.5. The maximum Gasteiger partial charge on any atom is 0.152 e. The Bertz CT molecular complexity index is 1200. The summed E-state index contributed by atoms with van der Waals surface area (Å²) in [5, 5.41) is 20.7. The van der Waals surface area contributed by atoms with Gasteiger partial charge in [0.15, 0.2) is 5.82 Å². The van der Waals surface area contributed by atoms with E-state index >= 15 is 0 Å². The van der Waals surface area contributed by atoms with Gasteiger partial charge in [-0.1, -0.05) is 70.7 Å². The van der Waals surface area contributed by atoms with Crippen LogP contribution >= 0.6 is 0 Å². The molecule has 0 spiro atoms. The summed E-state index contributed by atoms with van der Waals surface area (Å²) in [5.74, 6) is 1.42. The molecule has 0 aliphatic heterocycles. The van der Waals surface area contributed by atoms with E-state index in [0.717, 1.165) is 47.1 Å². The number of allylic oxidation sites excluding steroid dienone is 2. The lowest BCUT2D eigenvalue weighted by Gasteiger charge is -2.12. The number of pyridine rings is 1. The largest absolute Gasteiger partial charge is 0.508 e. The van der Waals surface area contributed by atoms with Gasteiger partial charge in [0.05, 0.1) is 11.0 Å². The van der Waals surface area contributed by atoms with Crippen molar-refractivity contribution in [1.82, 2.24) is 14.5 Å². The van der Waals surface area contributed by atoms with Crippen LogP contribution in [0.25, 0.3) is 21.9 Å². The maximum absolute atomic E-state index is 9.85. The molecular formula is C27H34N4O2. The molecule has 0 atom stereocenters. The summed E-state index contributed by atoms with van der Waals surface area (Å²) in [5.41, 5.74) is 9.46. The van der Waals surface area contributed by atoms with Gasteiger partial charge >= 0.3 is 0 Å². The van der Waals surface area contributed by atoms with E-state index in [1.807, 2.05) is 38.1 Å². The molecule has 0 fully saturated rings. The molecule has 0 aliphatic carbocycles. The van der Waals surface area contributed by atoms with Crippen LogP contribution in [-0.4, -0.2) is 24.7 Å². The van der Waals surface area contributed by atoms with Crippen LogP contribution < -0.4 is 5.73 Å². The molecule has 6 heteroatoms. The number of rotatable bonds is 6. The summed E-state index contributed by atoms with van der Waals surface area (Å²) in [4.78, 5) is 9.29. The van der Waals surface area contributed by atoms with E-state index in [9.17, 15) is 10.2 Å². The summed E-state index contributed by atoms with van der Waals surface area (Å²) in [6.07, 6.45) is 6.17. The highest BCUT2D eigenvalue weighted by molar-refractivity contribution is 6.06. The number of phenolic OH excluding ortho intramolecular Hbond substituents is 2. The van der Waals surface area contributed by atoms with Crippen LogP contribution in [0.3, 0.4) is 0 Å². The summed E-state index contributed by atoms with van der Waals surface area (Å²) in [6.45, 7) is 13.3. The fourth-order valence-electron chi connectivity index (χ4n) is 3.53. The molecule has 0 bridgehead atoms. The van der Waals surface area contributed by atoms with E-state index in [2.05, 4.69) is 29.6 Å². The van der Waals surface area contributed by atoms with Crippen molar-refractivity contribution in [1.29, 1.82) is 0 Å². The standard InChI is InChI=1S/C21H22N4O2.C4H6.C2H6/c1-2-3-8-18-24-19-20(16-6-4-5-7-17(16)23-21(19)22)25(18)12-13-9-14(26)11-15(27)10-13;1-3-4-2;1-2/h4-7,9-11,26-27H,2-3,8,12H2,1H3,(H2,22,23);3-4H,1-2H2;1-2H3. The predicted molar refractivity (Wildman–Crippen MR) is 139 cm³/mol. The first-order valence-corrected chi connectivity index (χ1v) is 11.3. The van der Waals surface area contributed by atoms with Gasteiger partial charge in [-0.15, -0.1) is 0 Å². The second kappa shape index (κ2) is 12.3. The highest BCUT2D eigenvalue weighted by Gasteiger charge is 2.17.